The van der Waals surface area contributed by atoms with E-state index in [0.29, 0.717) is 6.42 Å². The molecule has 1 unspecified atom stereocenters. The van der Waals surface area contributed by atoms with Gasteiger partial charge < -0.3 is 15.2 Å². The van der Waals surface area contributed by atoms with Gasteiger partial charge in [-0.15, -0.1) is 12.3 Å². The third-order valence-corrected chi connectivity index (χ3v) is 1.46. The molecule has 78 valence electrons. The summed E-state index contributed by atoms with van der Waals surface area (Å²) in [6.07, 6.45) is 4.14. The summed E-state index contributed by atoms with van der Waals surface area (Å²) in [5.41, 5.74) is 0. The summed E-state index contributed by atoms with van der Waals surface area (Å²) in [5.74, 6) is 1.23. The first-order chi connectivity index (χ1) is 6.61. The van der Waals surface area contributed by atoms with E-state index < -0.39 is 12.1 Å². The van der Waals surface area contributed by atoms with Crippen molar-refractivity contribution < 1.29 is 19.4 Å². The highest BCUT2D eigenvalue weighted by Gasteiger charge is 2.15. The maximum Gasteiger partial charge on any atom is 0.336 e. The van der Waals surface area contributed by atoms with Crippen LogP contribution in [0.1, 0.15) is 12.8 Å². The van der Waals surface area contributed by atoms with Crippen molar-refractivity contribution in [1.29, 1.82) is 0 Å². The number of carbonyl (C=O) groups is 2. The quantitative estimate of drug-likeness (QED) is 0.442. The number of hydrogen-bond donors (Lipinski definition) is 2. The largest absolute Gasteiger partial charge is 0.467 e. The molecule has 0 heterocycles. The lowest BCUT2D eigenvalue weighted by molar-refractivity contribution is -0.150. The van der Waals surface area contributed by atoms with Crippen molar-refractivity contribution in [3.05, 3.63) is 0 Å². The Morgan fingerprint density at radius 3 is 2.79 bits per heavy atom. The number of rotatable bonds is 5. The standard InChI is InChI=1S/C9H13NO4/c1-3-4-5-8(12)10-6-7(11)9(13)14-2/h1,7,11H,4-6H2,2H3,(H,10,12). The Labute approximate surface area is 82.4 Å². The van der Waals surface area contributed by atoms with Crippen LogP contribution in [0.3, 0.4) is 0 Å². The Kier molecular flexibility index (Phi) is 6.16. The maximum absolute atomic E-state index is 10.9. The third-order valence-electron chi connectivity index (χ3n) is 1.46. The molecule has 14 heavy (non-hydrogen) atoms. The average Bonchev–Trinajstić information content (AvgIpc) is 2.21. The van der Waals surface area contributed by atoms with Gasteiger partial charge in [0, 0.05) is 12.8 Å². The predicted octanol–water partition coefficient (Wildman–Crippen LogP) is -0.950. The van der Waals surface area contributed by atoms with Gasteiger partial charge in [-0.05, 0) is 0 Å². The summed E-state index contributed by atoms with van der Waals surface area (Å²) in [5, 5.41) is 11.4. The van der Waals surface area contributed by atoms with E-state index >= 15 is 0 Å². The van der Waals surface area contributed by atoms with E-state index in [1.807, 2.05) is 0 Å². The van der Waals surface area contributed by atoms with Gasteiger partial charge in [0.05, 0.1) is 13.7 Å². The molecule has 0 aliphatic heterocycles. The molecule has 2 N–H and O–H groups in total. The molecule has 0 aromatic carbocycles. The van der Waals surface area contributed by atoms with Crippen molar-refractivity contribution in [3.63, 3.8) is 0 Å². The summed E-state index contributed by atoms with van der Waals surface area (Å²) in [6.45, 7) is -0.157. The van der Waals surface area contributed by atoms with Gasteiger partial charge in [-0.2, -0.15) is 0 Å². The number of aliphatic hydroxyl groups is 1. The second-order valence-corrected chi connectivity index (χ2v) is 2.55. The minimum atomic E-state index is -1.32. The van der Waals surface area contributed by atoms with E-state index in [0.717, 1.165) is 7.11 Å². The van der Waals surface area contributed by atoms with Crippen LogP contribution in [0, 0.1) is 12.3 Å². The SMILES string of the molecule is C#CCCC(=O)NCC(O)C(=O)OC. The van der Waals surface area contributed by atoms with Crippen LogP contribution < -0.4 is 5.32 Å². The number of methoxy groups -OCH3 is 1. The van der Waals surface area contributed by atoms with Gasteiger partial charge in [-0.1, -0.05) is 0 Å². The number of nitrogens with one attached hydrogen (secondary N) is 1. The zero-order valence-electron chi connectivity index (χ0n) is 7.95. The average molecular weight is 199 g/mol. The Bertz CT molecular complexity index is 244. The topological polar surface area (TPSA) is 75.6 Å². The van der Waals surface area contributed by atoms with Gasteiger partial charge in [0.15, 0.2) is 6.10 Å². The second kappa shape index (κ2) is 6.92. The summed E-state index contributed by atoms with van der Waals surface area (Å²) < 4.78 is 4.25. The van der Waals surface area contributed by atoms with E-state index in [4.69, 9.17) is 11.5 Å². The molecule has 0 fully saturated rings. The number of esters is 1. The molecule has 0 saturated carbocycles. The van der Waals surface area contributed by atoms with Crippen LogP contribution in [0.2, 0.25) is 0 Å². The molecular formula is C9H13NO4. The lowest BCUT2D eigenvalue weighted by Crippen LogP contribution is -2.37. The molecule has 0 rings (SSSR count). The van der Waals surface area contributed by atoms with Gasteiger partial charge in [0.2, 0.25) is 5.91 Å². The Hall–Kier alpha value is -1.54. The minimum Gasteiger partial charge on any atom is -0.467 e. The Morgan fingerprint density at radius 2 is 2.29 bits per heavy atom. The highest BCUT2D eigenvalue weighted by Crippen LogP contribution is 1.88. The molecule has 0 bridgehead atoms. The number of hydrogen-bond acceptors (Lipinski definition) is 4. The third kappa shape index (κ3) is 5.17. The van der Waals surface area contributed by atoms with Crippen LogP contribution in [0.25, 0.3) is 0 Å². The fourth-order valence-electron chi connectivity index (χ4n) is 0.704. The molecule has 1 amide bonds. The Balaban J connectivity index is 3.67. The summed E-state index contributed by atoms with van der Waals surface area (Å²) in [6, 6.07) is 0. The number of aliphatic hydroxyl groups excluding tert-OH is 1. The van der Waals surface area contributed by atoms with Gasteiger partial charge >= 0.3 is 5.97 Å². The van der Waals surface area contributed by atoms with Gasteiger partial charge in [0.25, 0.3) is 0 Å². The molecule has 5 nitrogen and oxygen atoms in total. The number of amides is 1. The molecule has 5 heteroatoms. The molecule has 0 aromatic rings. The molecule has 0 saturated heterocycles. The Morgan fingerprint density at radius 1 is 1.64 bits per heavy atom. The monoisotopic (exact) mass is 199 g/mol. The van der Waals surface area contributed by atoms with Crippen LogP contribution in [-0.4, -0.2) is 36.7 Å². The molecule has 0 aliphatic carbocycles. The first-order valence-electron chi connectivity index (χ1n) is 4.08. The fourth-order valence-corrected chi connectivity index (χ4v) is 0.704. The summed E-state index contributed by atoms with van der Waals surface area (Å²) >= 11 is 0. The van der Waals surface area contributed by atoms with Crippen LogP contribution in [-0.2, 0) is 14.3 Å². The first kappa shape index (κ1) is 12.5. The molecule has 0 spiro atoms. The fraction of sp³-hybridized carbons (Fsp3) is 0.556. The van der Waals surface area contributed by atoms with Crippen LogP contribution in [0.5, 0.6) is 0 Å². The van der Waals surface area contributed by atoms with Crippen molar-refractivity contribution in [1.82, 2.24) is 5.32 Å². The van der Waals surface area contributed by atoms with Crippen molar-refractivity contribution in [2.45, 2.75) is 18.9 Å². The van der Waals surface area contributed by atoms with Crippen LogP contribution in [0.15, 0.2) is 0 Å². The lowest BCUT2D eigenvalue weighted by atomic mass is 10.3. The predicted molar refractivity (Wildman–Crippen MR) is 49.1 cm³/mol. The smallest absolute Gasteiger partial charge is 0.336 e. The molecule has 1 atom stereocenters. The van der Waals surface area contributed by atoms with E-state index in [9.17, 15) is 9.59 Å². The zero-order chi connectivity index (χ0) is 11.0. The minimum absolute atomic E-state index is 0.157. The molecule has 0 aliphatic rings. The molecule has 0 radical (unpaired) electrons. The van der Waals surface area contributed by atoms with Crippen molar-refractivity contribution in [3.8, 4) is 12.3 Å². The summed E-state index contributed by atoms with van der Waals surface area (Å²) in [4.78, 5) is 21.6. The van der Waals surface area contributed by atoms with Crippen molar-refractivity contribution in [2.24, 2.45) is 0 Å². The molecule has 0 aromatic heterocycles. The zero-order valence-corrected chi connectivity index (χ0v) is 7.95. The van der Waals surface area contributed by atoms with Crippen LogP contribution >= 0.6 is 0 Å². The normalized spacial score (nSPS) is 11.2. The van der Waals surface area contributed by atoms with Gasteiger partial charge in [-0.25, -0.2) is 4.79 Å². The van der Waals surface area contributed by atoms with Gasteiger partial charge in [-0.3, -0.25) is 4.79 Å². The number of carbonyl (C=O) groups excluding carboxylic acids is 2. The molecular weight excluding hydrogens is 186 g/mol. The number of ether oxygens (including phenoxy) is 1. The highest BCUT2D eigenvalue weighted by molar-refractivity contribution is 5.78. The van der Waals surface area contributed by atoms with E-state index in [-0.39, 0.29) is 18.9 Å². The van der Waals surface area contributed by atoms with Gasteiger partial charge in [0.1, 0.15) is 0 Å². The highest BCUT2D eigenvalue weighted by atomic mass is 16.5. The lowest BCUT2D eigenvalue weighted by Gasteiger charge is -2.08. The van der Waals surface area contributed by atoms with Crippen LogP contribution in [0.4, 0.5) is 0 Å². The van der Waals surface area contributed by atoms with E-state index in [2.05, 4.69) is 16.0 Å². The summed E-state index contributed by atoms with van der Waals surface area (Å²) in [7, 11) is 1.16. The number of terminal acetylenes is 1. The van der Waals surface area contributed by atoms with Crippen molar-refractivity contribution in [2.75, 3.05) is 13.7 Å². The first-order valence-corrected chi connectivity index (χ1v) is 4.08. The van der Waals surface area contributed by atoms with E-state index in [1.165, 1.54) is 0 Å². The van der Waals surface area contributed by atoms with Crippen molar-refractivity contribution >= 4 is 11.9 Å². The second-order valence-electron chi connectivity index (χ2n) is 2.55. The maximum atomic E-state index is 10.9. The van der Waals surface area contributed by atoms with E-state index in [1.54, 1.807) is 0 Å².